The number of pyridine rings is 1. The molecule has 164 valence electrons. The standard InChI is InChI=1S/C24H23N3O4S/c1-15-12-21(31-14-24(2,3)30)26-20-9-4-16(13-19(15)20)27-11-10-25-22(23(27)29)32-18-7-5-17(28)6-8-18/h4-13,28,30H,14H2,1-3H3. The first-order valence-corrected chi connectivity index (χ1v) is 10.8. The van der Waals surface area contributed by atoms with Crippen molar-refractivity contribution in [2.75, 3.05) is 6.61 Å². The zero-order chi connectivity index (χ0) is 22.9. The summed E-state index contributed by atoms with van der Waals surface area (Å²) in [6, 6.07) is 14.0. The number of phenolic OH excluding ortho intramolecular Hbond substituents is 1. The molecule has 0 radical (unpaired) electrons. The molecule has 32 heavy (non-hydrogen) atoms. The van der Waals surface area contributed by atoms with Gasteiger partial charge in [-0.2, -0.15) is 0 Å². The number of aliphatic hydroxyl groups is 1. The van der Waals surface area contributed by atoms with Crippen molar-refractivity contribution in [1.82, 2.24) is 14.5 Å². The molecule has 0 fully saturated rings. The van der Waals surface area contributed by atoms with Gasteiger partial charge >= 0.3 is 0 Å². The van der Waals surface area contributed by atoms with E-state index in [9.17, 15) is 15.0 Å². The van der Waals surface area contributed by atoms with Crippen molar-refractivity contribution >= 4 is 22.7 Å². The van der Waals surface area contributed by atoms with Crippen LogP contribution in [0.1, 0.15) is 19.4 Å². The summed E-state index contributed by atoms with van der Waals surface area (Å²) in [5.41, 5.74) is 1.20. The first-order valence-electron chi connectivity index (χ1n) is 10.0. The Morgan fingerprint density at radius 1 is 1.12 bits per heavy atom. The molecule has 4 aromatic rings. The van der Waals surface area contributed by atoms with E-state index in [2.05, 4.69) is 9.97 Å². The molecular weight excluding hydrogens is 426 g/mol. The van der Waals surface area contributed by atoms with Gasteiger partial charge in [0.05, 0.1) is 11.1 Å². The van der Waals surface area contributed by atoms with Gasteiger partial charge in [0.25, 0.3) is 5.56 Å². The van der Waals surface area contributed by atoms with E-state index >= 15 is 0 Å². The molecule has 0 spiro atoms. The van der Waals surface area contributed by atoms with Crippen LogP contribution in [0, 0.1) is 6.92 Å². The van der Waals surface area contributed by atoms with Gasteiger partial charge in [-0.15, -0.1) is 0 Å². The number of benzene rings is 2. The van der Waals surface area contributed by atoms with Crippen molar-refractivity contribution in [2.45, 2.75) is 36.3 Å². The van der Waals surface area contributed by atoms with Gasteiger partial charge < -0.3 is 14.9 Å². The lowest BCUT2D eigenvalue weighted by atomic mass is 10.1. The zero-order valence-electron chi connectivity index (χ0n) is 17.9. The summed E-state index contributed by atoms with van der Waals surface area (Å²) in [6.07, 6.45) is 3.22. The van der Waals surface area contributed by atoms with Gasteiger partial charge in [0.1, 0.15) is 12.4 Å². The fourth-order valence-electron chi connectivity index (χ4n) is 3.12. The molecule has 4 rings (SSSR count). The maximum absolute atomic E-state index is 13.1. The van der Waals surface area contributed by atoms with E-state index in [1.807, 2.05) is 31.2 Å². The molecule has 0 aliphatic carbocycles. The Labute approximate surface area is 189 Å². The van der Waals surface area contributed by atoms with Crippen molar-refractivity contribution < 1.29 is 14.9 Å². The van der Waals surface area contributed by atoms with Crippen LogP contribution in [0.15, 0.2) is 75.6 Å². The number of hydrogen-bond acceptors (Lipinski definition) is 7. The molecule has 2 aromatic carbocycles. The third kappa shape index (κ3) is 4.92. The molecular formula is C24H23N3O4S. The van der Waals surface area contributed by atoms with Crippen molar-refractivity contribution in [3.8, 4) is 17.3 Å². The fourth-order valence-corrected chi connectivity index (χ4v) is 3.91. The molecule has 2 heterocycles. The van der Waals surface area contributed by atoms with E-state index in [0.29, 0.717) is 16.6 Å². The number of nitrogens with zero attached hydrogens (tertiary/aromatic N) is 3. The molecule has 0 aliphatic heterocycles. The largest absolute Gasteiger partial charge is 0.508 e. The lowest BCUT2D eigenvalue weighted by Gasteiger charge is -2.18. The summed E-state index contributed by atoms with van der Waals surface area (Å²) in [5.74, 6) is 0.611. The van der Waals surface area contributed by atoms with E-state index in [1.54, 1.807) is 55.1 Å². The van der Waals surface area contributed by atoms with Gasteiger partial charge in [-0.05, 0) is 68.8 Å². The Balaban J connectivity index is 1.67. The van der Waals surface area contributed by atoms with Gasteiger partial charge in [0.15, 0.2) is 5.03 Å². The van der Waals surface area contributed by atoms with Gasteiger partial charge in [0, 0.05) is 34.4 Å². The maximum Gasteiger partial charge on any atom is 0.287 e. The minimum atomic E-state index is -0.952. The van der Waals surface area contributed by atoms with Crippen LogP contribution in [-0.2, 0) is 0 Å². The average molecular weight is 450 g/mol. The van der Waals surface area contributed by atoms with Crippen molar-refractivity contribution in [3.05, 3.63) is 76.8 Å². The number of hydrogen-bond donors (Lipinski definition) is 2. The number of ether oxygens (including phenoxy) is 1. The first kappa shape index (κ1) is 21.9. The third-order valence-corrected chi connectivity index (χ3v) is 5.67. The summed E-state index contributed by atoms with van der Waals surface area (Å²) >= 11 is 1.24. The molecule has 0 atom stereocenters. The van der Waals surface area contributed by atoms with Crippen LogP contribution < -0.4 is 10.3 Å². The van der Waals surface area contributed by atoms with Crippen molar-refractivity contribution in [1.29, 1.82) is 0 Å². The Morgan fingerprint density at radius 2 is 1.88 bits per heavy atom. The molecule has 7 nitrogen and oxygen atoms in total. The second-order valence-corrected chi connectivity index (χ2v) is 9.15. The van der Waals surface area contributed by atoms with Gasteiger partial charge in [0.2, 0.25) is 5.88 Å². The molecule has 0 unspecified atom stereocenters. The van der Waals surface area contributed by atoms with E-state index in [-0.39, 0.29) is 17.9 Å². The Bertz CT molecular complexity index is 1330. The van der Waals surface area contributed by atoms with E-state index in [1.165, 1.54) is 11.8 Å². The second-order valence-electron chi connectivity index (χ2n) is 8.08. The smallest absolute Gasteiger partial charge is 0.287 e. The molecule has 8 heteroatoms. The number of aromatic hydroxyl groups is 1. The first-order chi connectivity index (χ1) is 15.2. The van der Waals surface area contributed by atoms with Crippen LogP contribution in [0.2, 0.25) is 0 Å². The minimum Gasteiger partial charge on any atom is -0.508 e. The van der Waals surface area contributed by atoms with Gasteiger partial charge in [-0.25, -0.2) is 9.97 Å². The number of rotatable bonds is 6. The topological polar surface area (TPSA) is 97.5 Å². The average Bonchev–Trinajstić information content (AvgIpc) is 2.75. The highest BCUT2D eigenvalue weighted by Crippen LogP contribution is 2.27. The molecule has 2 N–H and O–H groups in total. The number of aromatic nitrogens is 3. The lowest BCUT2D eigenvalue weighted by molar-refractivity contribution is 0.0269. The van der Waals surface area contributed by atoms with Crippen LogP contribution in [-0.4, -0.2) is 37.0 Å². The Morgan fingerprint density at radius 3 is 2.59 bits per heavy atom. The van der Waals surface area contributed by atoms with Crippen LogP contribution in [0.4, 0.5) is 0 Å². The molecule has 0 saturated carbocycles. The second kappa shape index (κ2) is 8.64. The van der Waals surface area contributed by atoms with E-state index in [4.69, 9.17) is 4.74 Å². The summed E-state index contributed by atoms with van der Waals surface area (Å²) in [6.45, 7) is 5.44. The minimum absolute atomic E-state index is 0.136. The summed E-state index contributed by atoms with van der Waals surface area (Å²) in [7, 11) is 0. The Hall–Kier alpha value is -3.36. The number of phenols is 1. The van der Waals surface area contributed by atoms with Crippen LogP contribution >= 0.6 is 11.8 Å². The predicted molar refractivity (Wildman–Crippen MR) is 124 cm³/mol. The maximum atomic E-state index is 13.1. The molecule has 0 aliphatic rings. The highest BCUT2D eigenvalue weighted by atomic mass is 32.2. The lowest BCUT2D eigenvalue weighted by Crippen LogP contribution is -2.28. The predicted octanol–water partition coefficient (Wildman–Crippen LogP) is 4.10. The van der Waals surface area contributed by atoms with Gasteiger partial charge in [-0.3, -0.25) is 9.36 Å². The molecule has 2 aromatic heterocycles. The van der Waals surface area contributed by atoms with Crippen LogP contribution in [0.5, 0.6) is 11.6 Å². The van der Waals surface area contributed by atoms with Crippen LogP contribution in [0.3, 0.4) is 0 Å². The van der Waals surface area contributed by atoms with Crippen molar-refractivity contribution in [3.63, 3.8) is 0 Å². The fraction of sp³-hybridized carbons (Fsp3) is 0.208. The normalized spacial score (nSPS) is 11.6. The van der Waals surface area contributed by atoms with Gasteiger partial charge in [-0.1, -0.05) is 11.8 Å². The third-order valence-electron chi connectivity index (χ3n) is 4.69. The zero-order valence-corrected chi connectivity index (χ0v) is 18.8. The highest BCUT2D eigenvalue weighted by molar-refractivity contribution is 7.99. The highest BCUT2D eigenvalue weighted by Gasteiger charge is 2.15. The van der Waals surface area contributed by atoms with Crippen molar-refractivity contribution in [2.24, 2.45) is 0 Å². The molecule has 0 bridgehead atoms. The number of aryl methyl sites for hydroxylation is 1. The summed E-state index contributed by atoms with van der Waals surface area (Å²) < 4.78 is 7.18. The Kier molecular flexibility index (Phi) is 5.90. The summed E-state index contributed by atoms with van der Waals surface area (Å²) in [5, 5.41) is 20.6. The van der Waals surface area contributed by atoms with Crippen LogP contribution in [0.25, 0.3) is 16.6 Å². The number of fused-ring (bicyclic) bond motifs is 1. The van der Waals surface area contributed by atoms with E-state index < -0.39 is 5.60 Å². The quantitative estimate of drug-likeness (QED) is 0.457. The molecule has 0 saturated heterocycles. The summed E-state index contributed by atoms with van der Waals surface area (Å²) in [4.78, 5) is 22.6. The van der Waals surface area contributed by atoms with E-state index in [0.717, 1.165) is 21.4 Å². The monoisotopic (exact) mass is 449 g/mol. The SMILES string of the molecule is Cc1cc(OCC(C)(C)O)nc2ccc(-n3ccnc(Sc4ccc(O)cc4)c3=O)cc12. The molecule has 0 amide bonds.